The molecule has 0 atom stereocenters. The topological polar surface area (TPSA) is 67.3 Å². The molecule has 15 rings (SSSR count). The minimum absolute atomic E-state index is 0.637. The Kier molecular flexibility index (Phi) is 10.5. The summed E-state index contributed by atoms with van der Waals surface area (Å²) in [5, 5.41) is 29.5. The van der Waals surface area contributed by atoms with Gasteiger partial charge in [-0.1, -0.05) is 120 Å². The van der Waals surface area contributed by atoms with E-state index in [4.69, 9.17) is 0 Å². The number of fused-ring (bicyclic) bond motifs is 15. The highest BCUT2D eigenvalue weighted by atomic mass is 15.0. The van der Waals surface area contributed by atoms with E-state index < -0.39 is 0 Å². The van der Waals surface area contributed by atoms with Gasteiger partial charge in [-0.05, 0) is 159 Å². The van der Waals surface area contributed by atoms with Gasteiger partial charge in [0.15, 0.2) is 0 Å². The van der Waals surface area contributed by atoms with E-state index in [1.54, 1.807) is 0 Å². The minimum atomic E-state index is 0.637. The average molecular weight is 987 g/mol. The molecular formula is C71H50N6. The maximum atomic E-state index is 10.2. The molecule has 364 valence electrons. The number of nitrogens with zero attached hydrogens (tertiary/aromatic N) is 6. The van der Waals surface area contributed by atoms with Crippen molar-refractivity contribution in [2.75, 3.05) is 0 Å². The van der Waals surface area contributed by atoms with E-state index in [0.29, 0.717) is 17.5 Å². The SMILES string of the molecule is C/C=C\C=C/C.Cc1ccc2c(c1)c1ccccc1n2-c1cc2c(c(-n3c4ccccc4c4cc(C#N)ccc43)c1)Cc1c-2cc(-n2c3ccccc3c3cc(C)ccc32)cc1-n1c2ccccc2c2cc(C#N)ccc21. The first-order valence-corrected chi connectivity index (χ1v) is 26.3. The Hall–Kier alpha value is -10.1. The van der Waals surface area contributed by atoms with Gasteiger partial charge in [0, 0.05) is 60.9 Å². The Balaban J connectivity index is 0.000000854. The molecule has 6 heteroatoms. The van der Waals surface area contributed by atoms with Gasteiger partial charge < -0.3 is 18.3 Å². The van der Waals surface area contributed by atoms with E-state index >= 15 is 0 Å². The number of aryl methyl sites for hydroxylation is 2. The van der Waals surface area contributed by atoms with Crippen LogP contribution in [0.3, 0.4) is 0 Å². The number of benzene rings is 10. The number of aromatic nitrogens is 4. The Labute approximate surface area is 445 Å². The summed E-state index contributed by atoms with van der Waals surface area (Å²) in [6.07, 6.45) is 8.67. The first kappa shape index (κ1) is 45.5. The van der Waals surface area contributed by atoms with Crippen molar-refractivity contribution in [2.45, 2.75) is 34.1 Å². The molecule has 77 heavy (non-hydrogen) atoms. The van der Waals surface area contributed by atoms with Crippen LogP contribution in [0.1, 0.15) is 47.2 Å². The molecule has 6 nitrogen and oxygen atoms in total. The molecule has 0 unspecified atom stereocenters. The van der Waals surface area contributed by atoms with Crippen LogP contribution in [-0.2, 0) is 6.42 Å². The van der Waals surface area contributed by atoms with Crippen LogP contribution in [0.5, 0.6) is 0 Å². The number of hydrogen-bond donors (Lipinski definition) is 0. The van der Waals surface area contributed by atoms with Crippen LogP contribution < -0.4 is 0 Å². The number of rotatable bonds is 5. The maximum Gasteiger partial charge on any atom is 0.0991 e. The van der Waals surface area contributed by atoms with E-state index in [-0.39, 0.29) is 0 Å². The zero-order chi connectivity index (χ0) is 52.1. The van der Waals surface area contributed by atoms with Crippen LogP contribution in [0.15, 0.2) is 218 Å². The first-order valence-electron chi connectivity index (χ1n) is 26.3. The highest BCUT2D eigenvalue weighted by Crippen LogP contribution is 2.49. The van der Waals surface area contributed by atoms with Gasteiger partial charge >= 0.3 is 0 Å². The molecule has 1 aliphatic carbocycles. The second-order valence-electron chi connectivity index (χ2n) is 20.3. The van der Waals surface area contributed by atoms with Crippen LogP contribution in [0.25, 0.3) is 121 Å². The smallest absolute Gasteiger partial charge is 0.0991 e. The van der Waals surface area contributed by atoms with Crippen LogP contribution in [0, 0.1) is 36.5 Å². The normalized spacial score (nSPS) is 12.2. The minimum Gasteiger partial charge on any atom is -0.309 e. The van der Waals surface area contributed by atoms with Crippen molar-refractivity contribution >= 4 is 87.2 Å². The molecule has 0 saturated heterocycles. The van der Waals surface area contributed by atoms with Crippen molar-refractivity contribution in [3.05, 3.63) is 252 Å². The Morgan fingerprint density at radius 3 is 1.05 bits per heavy atom. The van der Waals surface area contributed by atoms with Crippen molar-refractivity contribution in [3.8, 4) is 46.0 Å². The largest absolute Gasteiger partial charge is 0.309 e. The molecule has 0 radical (unpaired) electrons. The van der Waals surface area contributed by atoms with Crippen molar-refractivity contribution < 1.29 is 0 Å². The molecule has 0 spiro atoms. The van der Waals surface area contributed by atoms with E-state index in [0.717, 1.165) is 88.4 Å². The molecule has 4 aromatic heterocycles. The second-order valence-corrected chi connectivity index (χ2v) is 20.3. The summed E-state index contributed by atoms with van der Waals surface area (Å²) >= 11 is 0. The fourth-order valence-corrected chi connectivity index (χ4v) is 12.5. The standard InChI is InChI=1S/C65H40N6.C6H10/c1-38-19-23-60-50(27-38)44-11-3-7-15-56(44)68(60)42-31-48-49-32-43(69-57-16-8-4-12-45(57)51-28-39(2)20-24-61(51)69)34-65(71-59-18-10-6-14-47(59)53-30-41(37-67)22-26-63(53)71)55(49)35-54(48)64(33-42)70-58-17-9-5-13-46(58)52-29-40(36-66)21-25-62(52)70;1-3-5-6-4-2/h3-34H,35H2,1-2H3;3-6H,1-2H3/b;5-3-,6-4-. The third kappa shape index (κ3) is 6.93. The van der Waals surface area contributed by atoms with Gasteiger partial charge in [0.2, 0.25) is 0 Å². The second kappa shape index (κ2) is 17.8. The summed E-state index contributed by atoms with van der Waals surface area (Å²) in [6, 6.07) is 75.1. The zero-order valence-corrected chi connectivity index (χ0v) is 43.2. The molecule has 0 fully saturated rings. The van der Waals surface area contributed by atoms with Gasteiger partial charge in [0.25, 0.3) is 0 Å². The first-order chi connectivity index (χ1) is 37.8. The third-order valence-electron chi connectivity index (χ3n) is 15.8. The Morgan fingerprint density at radius 1 is 0.351 bits per heavy atom. The summed E-state index contributed by atoms with van der Waals surface area (Å²) in [5.74, 6) is 0. The molecule has 0 aliphatic heterocycles. The Morgan fingerprint density at radius 2 is 0.675 bits per heavy atom. The van der Waals surface area contributed by atoms with Crippen molar-refractivity contribution in [1.82, 2.24) is 18.3 Å². The number of hydrogen-bond acceptors (Lipinski definition) is 2. The van der Waals surface area contributed by atoms with Gasteiger partial charge in [-0.25, -0.2) is 0 Å². The highest BCUT2D eigenvalue weighted by molar-refractivity contribution is 6.14. The predicted octanol–water partition coefficient (Wildman–Crippen LogP) is 18.1. The van der Waals surface area contributed by atoms with Gasteiger partial charge in [0.1, 0.15) is 0 Å². The number of para-hydroxylation sites is 4. The summed E-state index contributed by atoms with van der Waals surface area (Å²) in [6.45, 7) is 8.34. The lowest BCUT2D eigenvalue weighted by molar-refractivity contribution is 1.07. The fraction of sp³-hybridized carbons (Fsp3) is 0.0704. The summed E-state index contributed by atoms with van der Waals surface area (Å²) in [4.78, 5) is 0. The van der Waals surface area contributed by atoms with Gasteiger partial charge in [0.05, 0.1) is 78.8 Å². The van der Waals surface area contributed by atoms with Crippen LogP contribution >= 0.6 is 0 Å². The predicted molar refractivity (Wildman–Crippen MR) is 321 cm³/mol. The van der Waals surface area contributed by atoms with Crippen molar-refractivity contribution in [1.29, 1.82) is 10.5 Å². The van der Waals surface area contributed by atoms with Gasteiger partial charge in [-0.2, -0.15) is 10.5 Å². The Bertz CT molecular complexity index is 4660. The molecule has 0 bridgehead atoms. The molecule has 0 saturated carbocycles. The molecule has 1 aliphatic rings. The maximum absolute atomic E-state index is 10.2. The zero-order valence-electron chi connectivity index (χ0n) is 43.2. The molecule has 14 aromatic rings. The average Bonchev–Trinajstić information content (AvgIpc) is 4.44. The highest BCUT2D eigenvalue weighted by Gasteiger charge is 2.31. The summed E-state index contributed by atoms with van der Waals surface area (Å²) in [5.41, 5.74) is 21.8. The summed E-state index contributed by atoms with van der Waals surface area (Å²) in [7, 11) is 0. The van der Waals surface area contributed by atoms with E-state index in [9.17, 15) is 10.5 Å². The van der Waals surface area contributed by atoms with Gasteiger partial charge in [-0.15, -0.1) is 0 Å². The van der Waals surface area contributed by atoms with E-state index in [1.165, 1.54) is 54.9 Å². The molecule has 0 N–H and O–H groups in total. The van der Waals surface area contributed by atoms with Gasteiger partial charge in [-0.3, -0.25) is 0 Å². The number of allylic oxidation sites excluding steroid dienone is 4. The molecule has 4 heterocycles. The summed E-state index contributed by atoms with van der Waals surface area (Å²) < 4.78 is 9.79. The third-order valence-corrected chi connectivity index (χ3v) is 15.8. The van der Waals surface area contributed by atoms with E-state index in [2.05, 4.69) is 214 Å². The molecule has 0 amide bonds. The quantitative estimate of drug-likeness (QED) is 0.161. The van der Waals surface area contributed by atoms with Crippen LogP contribution in [0.2, 0.25) is 0 Å². The molecule has 10 aromatic carbocycles. The fourth-order valence-electron chi connectivity index (χ4n) is 12.5. The lowest BCUT2D eigenvalue weighted by Gasteiger charge is -2.18. The van der Waals surface area contributed by atoms with E-state index in [1.807, 2.05) is 62.4 Å². The van der Waals surface area contributed by atoms with Crippen LogP contribution in [-0.4, -0.2) is 18.3 Å². The number of nitriles is 2. The molecular weight excluding hydrogens is 937 g/mol. The van der Waals surface area contributed by atoms with Crippen molar-refractivity contribution in [2.24, 2.45) is 0 Å². The monoisotopic (exact) mass is 986 g/mol. The lowest BCUT2D eigenvalue weighted by Crippen LogP contribution is -2.04. The van der Waals surface area contributed by atoms with Crippen molar-refractivity contribution in [3.63, 3.8) is 0 Å². The lowest BCUT2D eigenvalue weighted by atomic mass is 10.0. The van der Waals surface area contributed by atoms with Crippen LogP contribution in [0.4, 0.5) is 0 Å².